The van der Waals surface area contributed by atoms with Crippen molar-refractivity contribution < 1.29 is 4.74 Å². The smallest absolute Gasteiger partial charge is 0.229 e. The van der Waals surface area contributed by atoms with Crippen LogP contribution in [0.1, 0.15) is 28.3 Å². The van der Waals surface area contributed by atoms with Gasteiger partial charge in [-0.15, -0.1) is 0 Å². The maximum absolute atomic E-state index is 9.71. The Hall–Kier alpha value is -3.23. The molecule has 0 saturated carbocycles. The second-order valence-corrected chi connectivity index (χ2v) is 6.97. The van der Waals surface area contributed by atoms with Gasteiger partial charge in [-0.25, -0.2) is 4.68 Å². The van der Waals surface area contributed by atoms with Crippen LogP contribution < -0.4 is 10.5 Å². The van der Waals surface area contributed by atoms with Gasteiger partial charge in [0.05, 0.1) is 22.9 Å². The fourth-order valence-corrected chi connectivity index (χ4v) is 3.57. The number of benzene rings is 2. The highest BCUT2D eigenvalue weighted by molar-refractivity contribution is 6.30. The summed E-state index contributed by atoms with van der Waals surface area (Å²) in [5, 5.41) is 15.0. The molecular formula is C21H17ClN4O. The fourth-order valence-electron chi connectivity index (χ4n) is 3.39. The van der Waals surface area contributed by atoms with Crippen molar-refractivity contribution in [2.75, 3.05) is 0 Å². The van der Waals surface area contributed by atoms with Gasteiger partial charge in [0.2, 0.25) is 11.8 Å². The molecule has 1 unspecified atom stereocenters. The number of rotatable bonds is 2. The number of nitriles is 1. The van der Waals surface area contributed by atoms with Crippen LogP contribution in [0.2, 0.25) is 5.02 Å². The first-order chi connectivity index (χ1) is 13.0. The molecule has 2 N–H and O–H groups in total. The topological polar surface area (TPSA) is 76.9 Å². The number of allylic oxidation sites excluding steroid dienone is 1. The summed E-state index contributed by atoms with van der Waals surface area (Å²) in [5.74, 6) is 0.280. The van der Waals surface area contributed by atoms with E-state index in [0.717, 1.165) is 28.1 Å². The summed E-state index contributed by atoms with van der Waals surface area (Å²) in [7, 11) is 0. The van der Waals surface area contributed by atoms with E-state index in [1.807, 2.05) is 50.2 Å². The van der Waals surface area contributed by atoms with Gasteiger partial charge in [0.25, 0.3) is 0 Å². The molecule has 0 amide bonds. The quantitative estimate of drug-likeness (QED) is 0.720. The minimum atomic E-state index is -0.327. The van der Waals surface area contributed by atoms with E-state index in [9.17, 15) is 5.26 Å². The second-order valence-electron chi connectivity index (χ2n) is 6.53. The van der Waals surface area contributed by atoms with Gasteiger partial charge in [0, 0.05) is 5.02 Å². The Balaban J connectivity index is 1.95. The Morgan fingerprint density at radius 1 is 1.19 bits per heavy atom. The third-order valence-electron chi connectivity index (χ3n) is 4.70. The van der Waals surface area contributed by atoms with Crippen molar-refractivity contribution in [3.63, 3.8) is 0 Å². The van der Waals surface area contributed by atoms with Crippen LogP contribution in [0.3, 0.4) is 0 Å². The van der Waals surface area contributed by atoms with E-state index in [1.165, 1.54) is 0 Å². The van der Waals surface area contributed by atoms with E-state index >= 15 is 0 Å². The zero-order chi connectivity index (χ0) is 19.1. The number of ether oxygens (including phenoxy) is 1. The van der Waals surface area contributed by atoms with Crippen LogP contribution in [-0.4, -0.2) is 9.78 Å². The average molecular weight is 377 g/mol. The Morgan fingerprint density at radius 3 is 2.59 bits per heavy atom. The molecule has 1 aliphatic rings. The van der Waals surface area contributed by atoms with Crippen LogP contribution in [0.5, 0.6) is 5.88 Å². The van der Waals surface area contributed by atoms with Crippen molar-refractivity contribution in [3.05, 3.63) is 87.4 Å². The van der Waals surface area contributed by atoms with E-state index in [-0.39, 0.29) is 11.8 Å². The SMILES string of the molecule is Cc1ccc(C2C(C#N)=C(N)Oc3c2c(C)nn3-c2cccc(Cl)c2)cc1. The third kappa shape index (κ3) is 2.84. The maximum atomic E-state index is 9.71. The third-order valence-corrected chi connectivity index (χ3v) is 4.93. The number of halogens is 1. The zero-order valence-corrected chi connectivity index (χ0v) is 15.7. The maximum Gasteiger partial charge on any atom is 0.229 e. The van der Waals surface area contributed by atoms with E-state index in [1.54, 1.807) is 16.8 Å². The van der Waals surface area contributed by atoms with Crippen LogP contribution in [0.25, 0.3) is 5.69 Å². The molecule has 3 aromatic rings. The van der Waals surface area contributed by atoms with Crippen molar-refractivity contribution in [3.8, 4) is 17.6 Å². The molecule has 1 atom stereocenters. The van der Waals surface area contributed by atoms with Crippen LogP contribution in [0.15, 0.2) is 60.0 Å². The predicted octanol–water partition coefficient (Wildman–Crippen LogP) is 4.36. The van der Waals surface area contributed by atoms with Crippen LogP contribution in [-0.2, 0) is 0 Å². The number of hydrogen-bond donors (Lipinski definition) is 1. The zero-order valence-electron chi connectivity index (χ0n) is 14.9. The van der Waals surface area contributed by atoms with E-state index < -0.39 is 0 Å². The first kappa shape index (κ1) is 17.2. The average Bonchev–Trinajstić information content (AvgIpc) is 2.97. The predicted molar refractivity (Wildman–Crippen MR) is 104 cm³/mol. The lowest BCUT2D eigenvalue weighted by atomic mass is 9.84. The minimum absolute atomic E-state index is 0.0961. The highest BCUT2D eigenvalue weighted by Gasteiger charge is 2.36. The molecule has 4 rings (SSSR count). The highest BCUT2D eigenvalue weighted by Crippen LogP contribution is 2.44. The van der Waals surface area contributed by atoms with Crippen molar-refractivity contribution in [2.24, 2.45) is 5.73 Å². The molecule has 0 saturated heterocycles. The molecule has 134 valence electrons. The molecule has 2 aromatic carbocycles. The van der Waals surface area contributed by atoms with Crippen LogP contribution in [0.4, 0.5) is 0 Å². The molecule has 1 aromatic heterocycles. The Labute approximate surface area is 162 Å². The monoisotopic (exact) mass is 376 g/mol. The van der Waals surface area contributed by atoms with Gasteiger partial charge in [-0.2, -0.15) is 10.4 Å². The van der Waals surface area contributed by atoms with Crippen LogP contribution in [0, 0.1) is 25.2 Å². The lowest BCUT2D eigenvalue weighted by molar-refractivity contribution is 0.367. The Morgan fingerprint density at radius 2 is 1.93 bits per heavy atom. The molecule has 0 bridgehead atoms. The van der Waals surface area contributed by atoms with Gasteiger partial charge in [-0.3, -0.25) is 0 Å². The van der Waals surface area contributed by atoms with Gasteiger partial charge in [-0.05, 0) is 37.6 Å². The first-order valence-corrected chi connectivity index (χ1v) is 8.87. The van der Waals surface area contributed by atoms with Gasteiger partial charge >= 0.3 is 0 Å². The number of nitrogens with two attached hydrogens (primary N) is 1. The summed E-state index contributed by atoms with van der Waals surface area (Å²) in [4.78, 5) is 0. The molecule has 2 heterocycles. The summed E-state index contributed by atoms with van der Waals surface area (Å²) in [5.41, 5.74) is 11.0. The number of hydrogen-bond acceptors (Lipinski definition) is 4. The number of aromatic nitrogens is 2. The van der Waals surface area contributed by atoms with Gasteiger partial charge in [-0.1, -0.05) is 47.5 Å². The number of fused-ring (bicyclic) bond motifs is 1. The summed E-state index contributed by atoms with van der Waals surface area (Å²) < 4.78 is 7.53. The summed E-state index contributed by atoms with van der Waals surface area (Å²) in [6.07, 6.45) is 0. The molecule has 0 spiro atoms. The van der Waals surface area contributed by atoms with Crippen molar-refractivity contribution in [1.82, 2.24) is 9.78 Å². The van der Waals surface area contributed by atoms with Crippen LogP contribution >= 0.6 is 11.6 Å². The molecule has 27 heavy (non-hydrogen) atoms. The number of nitrogens with zero attached hydrogens (tertiary/aromatic N) is 3. The lowest BCUT2D eigenvalue weighted by Crippen LogP contribution is -2.22. The summed E-state index contributed by atoms with van der Waals surface area (Å²) in [6.45, 7) is 3.93. The number of aryl methyl sites for hydroxylation is 2. The normalized spacial score (nSPS) is 15.9. The standard InChI is InChI=1S/C21H17ClN4O/c1-12-6-8-14(9-7-12)19-17(11-23)20(24)27-21-18(19)13(2)25-26(21)16-5-3-4-15(22)10-16/h3-10,19H,24H2,1-2H3. The molecule has 5 nitrogen and oxygen atoms in total. The summed E-state index contributed by atoms with van der Waals surface area (Å²) in [6, 6.07) is 17.6. The molecule has 1 aliphatic heterocycles. The highest BCUT2D eigenvalue weighted by atomic mass is 35.5. The molecule has 0 radical (unpaired) electrons. The van der Waals surface area contributed by atoms with E-state index in [4.69, 9.17) is 22.1 Å². The van der Waals surface area contributed by atoms with Gasteiger partial charge in [0.15, 0.2) is 0 Å². The fraction of sp³-hybridized carbons (Fsp3) is 0.143. The Kier molecular flexibility index (Phi) is 4.14. The Bertz CT molecular complexity index is 1110. The molecule has 0 fully saturated rings. The van der Waals surface area contributed by atoms with E-state index in [0.29, 0.717) is 16.5 Å². The molecular weight excluding hydrogens is 360 g/mol. The van der Waals surface area contributed by atoms with Gasteiger partial charge in [0.1, 0.15) is 11.6 Å². The summed E-state index contributed by atoms with van der Waals surface area (Å²) >= 11 is 6.14. The van der Waals surface area contributed by atoms with Crippen molar-refractivity contribution in [2.45, 2.75) is 19.8 Å². The molecule has 6 heteroatoms. The lowest BCUT2D eigenvalue weighted by Gasteiger charge is -2.25. The second kappa shape index (κ2) is 6.49. The van der Waals surface area contributed by atoms with Gasteiger partial charge < -0.3 is 10.5 Å². The van der Waals surface area contributed by atoms with Crippen molar-refractivity contribution >= 4 is 11.6 Å². The van der Waals surface area contributed by atoms with E-state index in [2.05, 4.69) is 11.2 Å². The largest absolute Gasteiger partial charge is 0.422 e. The van der Waals surface area contributed by atoms with Crippen molar-refractivity contribution in [1.29, 1.82) is 5.26 Å². The minimum Gasteiger partial charge on any atom is -0.422 e. The first-order valence-electron chi connectivity index (χ1n) is 8.49. The molecule has 0 aliphatic carbocycles.